The third-order valence-corrected chi connectivity index (χ3v) is 4.23. The lowest BCUT2D eigenvalue weighted by molar-refractivity contribution is 0.373. The lowest BCUT2D eigenvalue weighted by Crippen LogP contribution is -2.17. The molecule has 2 N–H and O–H groups in total. The highest BCUT2D eigenvalue weighted by molar-refractivity contribution is 6.04. The Labute approximate surface area is 153 Å². The van der Waals surface area contributed by atoms with Gasteiger partial charge in [0.25, 0.3) is 5.56 Å². The molecule has 0 atom stereocenters. The molecule has 0 fully saturated rings. The number of fused-ring (bicyclic) bond motifs is 3. The summed E-state index contributed by atoms with van der Waals surface area (Å²) in [5, 5.41) is 14.6. The first-order valence-corrected chi connectivity index (χ1v) is 8.09. The van der Waals surface area contributed by atoms with Crippen LogP contribution < -0.4 is 15.0 Å². The van der Waals surface area contributed by atoms with Gasteiger partial charge in [-0.25, -0.2) is 4.98 Å². The highest BCUT2D eigenvalue weighted by atomic mass is 16.5. The monoisotopic (exact) mass is 364 g/mol. The van der Waals surface area contributed by atoms with Crippen LogP contribution in [0.15, 0.2) is 52.6 Å². The molecular formula is C19H16N4O4. The molecular weight excluding hydrogens is 348 g/mol. The van der Waals surface area contributed by atoms with E-state index in [-0.39, 0.29) is 11.3 Å². The number of aromatic amines is 1. The molecule has 136 valence electrons. The van der Waals surface area contributed by atoms with E-state index >= 15 is 0 Å². The summed E-state index contributed by atoms with van der Waals surface area (Å²) in [6.07, 6.45) is 2.86. The summed E-state index contributed by atoms with van der Waals surface area (Å²) >= 11 is 0. The first-order valence-electron chi connectivity index (χ1n) is 8.09. The van der Waals surface area contributed by atoms with Crippen molar-refractivity contribution in [1.82, 2.24) is 14.6 Å². The number of ether oxygens (including phenoxy) is 2. The third-order valence-electron chi connectivity index (χ3n) is 4.23. The average molecular weight is 364 g/mol. The number of phenols is 1. The number of nitrogens with zero attached hydrogens (tertiary/aromatic N) is 3. The Kier molecular flexibility index (Phi) is 4.00. The summed E-state index contributed by atoms with van der Waals surface area (Å²) in [5.74, 6) is 1.04. The first kappa shape index (κ1) is 16.6. The van der Waals surface area contributed by atoms with Crippen LogP contribution in [0.1, 0.15) is 5.56 Å². The zero-order valence-electron chi connectivity index (χ0n) is 14.6. The number of aromatic hydroxyl groups is 1. The number of aromatic nitrogens is 3. The predicted molar refractivity (Wildman–Crippen MR) is 102 cm³/mol. The summed E-state index contributed by atoms with van der Waals surface area (Å²) in [5.41, 5.74) is 2.05. The Hall–Kier alpha value is -3.81. The van der Waals surface area contributed by atoms with Gasteiger partial charge in [0.15, 0.2) is 11.5 Å². The van der Waals surface area contributed by atoms with Gasteiger partial charge in [0.1, 0.15) is 23.1 Å². The van der Waals surface area contributed by atoms with Gasteiger partial charge in [-0.05, 0) is 35.9 Å². The van der Waals surface area contributed by atoms with Gasteiger partial charge in [0.2, 0.25) is 0 Å². The van der Waals surface area contributed by atoms with Crippen LogP contribution in [0.25, 0.3) is 21.9 Å². The number of hydrogen-bond donors (Lipinski definition) is 2. The van der Waals surface area contributed by atoms with Crippen molar-refractivity contribution in [3.63, 3.8) is 0 Å². The van der Waals surface area contributed by atoms with Crippen LogP contribution in [-0.2, 0) is 0 Å². The molecule has 0 aliphatic heterocycles. The van der Waals surface area contributed by atoms with Crippen LogP contribution >= 0.6 is 0 Å². The second-order valence-electron chi connectivity index (χ2n) is 5.83. The second-order valence-corrected chi connectivity index (χ2v) is 5.83. The molecule has 0 unspecified atom stereocenters. The fourth-order valence-electron chi connectivity index (χ4n) is 2.84. The van der Waals surface area contributed by atoms with Crippen LogP contribution in [0.2, 0.25) is 0 Å². The van der Waals surface area contributed by atoms with Crippen LogP contribution in [-0.4, -0.2) is 40.2 Å². The van der Waals surface area contributed by atoms with Crippen LogP contribution in [0.4, 0.5) is 0 Å². The summed E-state index contributed by atoms with van der Waals surface area (Å²) in [6.45, 7) is 0. The number of phenolic OH excluding ortho intramolecular Hbond substituents is 1. The van der Waals surface area contributed by atoms with Crippen molar-refractivity contribution in [2.75, 3.05) is 14.2 Å². The van der Waals surface area contributed by atoms with E-state index in [2.05, 4.69) is 15.1 Å². The number of benzene rings is 2. The van der Waals surface area contributed by atoms with Gasteiger partial charge in [-0.15, -0.1) is 0 Å². The van der Waals surface area contributed by atoms with Crippen molar-refractivity contribution in [3.8, 4) is 17.2 Å². The number of methoxy groups -OCH3 is 2. The molecule has 2 aromatic heterocycles. The van der Waals surface area contributed by atoms with E-state index in [0.717, 1.165) is 15.6 Å². The van der Waals surface area contributed by atoms with Crippen molar-refractivity contribution in [2.45, 2.75) is 0 Å². The van der Waals surface area contributed by atoms with E-state index in [9.17, 15) is 9.90 Å². The maximum absolute atomic E-state index is 12.7. The first-order chi connectivity index (χ1) is 13.1. The fraction of sp³-hybridized carbons (Fsp3) is 0.105. The van der Waals surface area contributed by atoms with Crippen LogP contribution in [0.3, 0.4) is 0 Å². The van der Waals surface area contributed by atoms with Gasteiger partial charge in [0, 0.05) is 11.5 Å². The van der Waals surface area contributed by atoms with E-state index in [1.54, 1.807) is 19.2 Å². The highest BCUT2D eigenvalue weighted by Gasteiger charge is 2.11. The maximum atomic E-state index is 12.7. The molecule has 4 aromatic rings. The molecule has 27 heavy (non-hydrogen) atoms. The topological polar surface area (TPSA) is 102 Å². The molecule has 0 saturated carbocycles. The van der Waals surface area contributed by atoms with E-state index in [0.29, 0.717) is 28.1 Å². The lowest BCUT2D eigenvalue weighted by atomic mass is 10.2. The average Bonchev–Trinajstić information content (AvgIpc) is 3.07. The van der Waals surface area contributed by atoms with E-state index in [1.807, 2.05) is 18.2 Å². The Balaban J connectivity index is 1.77. The Bertz CT molecular complexity index is 1240. The molecule has 0 aliphatic rings. The van der Waals surface area contributed by atoms with Gasteiger partial charge < -0.3 is 19.6 Å². The fourth-order valence-corrected chi connectivity index (χ4v) is 2.84. The van der Waals surface area contributed by atoms with E-state index in [4.69, 9.17) is 9.47 Å². The van der Waals surface area contributed by atoms with Crippen LogP contribution in [0.5, 0.6) is 17.2 Å². The summed E-state index contributed by atoms with van der Waals surface area (Å²) in [4.78, 5) is 20.2. The van der Waals surface area contributed by atoms with Crippen molar-refractivity contribution in [2.24, 2.45) is 5.10 Å². The molecule has 0 aliphatic carbocycles. The molecule has 4 rings (SSSR count). The van der Waals surface area contributed by atoms with Gasteiger partial charge in [0.05, 0.1) is 26.0 Å². The standard InChI is InChI=1S/C19H16N4O4/c1-26-12-4-5-13-14(8-12)22-18-17(13)20-10-23(19(18)25)21-9-11-3-6-15(24)16(7-11)27-2/h3-10,22,24H,1-2H3/b21-9+. The van der Waals surface area contributed by atoms with Crippen molar-refractivity contribution in [3.05, 3.63) is 58.6 Å². The Morgan fingerprint density at radius 1 is 1.19 bits per heavy atom. The molecule has 0 saturated heterocycles. The molecule has 2 aromatic carbocycles. The van der Waals surface area contributed by atoms with Gasteiger partial charge in [-0.3, -0.25) is 4.79 Å². The lowest BCUT2D eigenvalue weighted by Gasteiger charge is -2.03. The predicted octanol–water partition coefficient (Wildman–Crippen LogP) is 2.48. The summed E-state index contributed by atoms with van der Waals surface area (Å²) < 4.78 is 11.4. The number of rotatable bonds is 4. The van der Waals surface area contributed by atoms with Crippen molar-refractivity contribution < 1.29 is 14.6 Å². The van der Waals surface area contributed by atoms with Gasteiger partial charge in [-0.2, -0.15) is 9.78 Å². The van der Waals surface area contributed by atoms with Gasteiger partial charge in [-0.1, -0.05) is 0 Å². The minimum absolute atomic E-state index is 0.0309. The zero-order valence-corrected chi connectivity index (χ0v) is 14.6. The Morgan fingerprint density at radius 3 is 2.81 bits per heavy atom. The van der Waals surface area contributed by atoms with E-state index in [1.165, 1.54) is 25.7 Å². The smallest absolute Gasteiger partial charge is 0.298 e. The number of H-pyrrole nitrogens is 1. The summed E-state index contributed by atoms with van der Waals surface area (Å²) in [7, 11) is 3.05. The van der Waals surface area contributed by atoms with Gasteiger partial charge >= 0.3 is 0 Å². The molecule has 8 nitrogen and oxygen atoms in total. The van der Waals surface area contributed by atoms with Crippen molar-refractivity contribution >= 4 is 28.2 Å². The number of nitrogens with one attached hydrogen (secondary N) is 1. The Morgan fingerprint density at radius 2 is 2.04 bits per heavy atom. The molecule has 0 amide bonds. The van der Waals surface area contributed by atoms with E-state index < -0.39 is 0 Å². The largest absolute Gasteiger partial charge is 0.504 e. The third kappa shape index (κ3) is 2.86. The quantitative estimate of drug-likeness (QED) is 0.542. The summed E-state index contributed by atoms with van der Waals surface area (Å²) in [6, 6.07) is 10.3. The van der Waals surface area contributed by atoms with Crippen LogP contribution in [0, 0.1) is 0 Å². The molecule has 0 radical (unpaired) electrons. The molecule has 2 heterocycles. The molecule has 0 bridgehead atoms. The van der Waals surface area contributed by atoms with Crippen molar-refractivity contribution in [1.29, 1.82) is 0 Å². The zero-order chi connectivity index (χ0) is 19.0. The molecule has 8 heteroatoms. The second kappa shape index (κ2) is 6.49. The number of hydrogen-bond acceptors (Lipinski definition) is 6. The molecule has 0 spiro atoms. The highest BCUT2D eigenvalue weighted by Crippen LogP contribution is 2.26. The maximum Gasteiger partial charge on any atom is 0.298 e. The SMILES string of the molecule is COc1ccc2c(c1)[nH]c1c(=O)n(/N=C/c3ccc(O)c(OC)c3)cnc12. The minimum Gasteiger partial charge on any atom is -0.504 e. The minimum atomic E-state index is -0.322. The normalized spacial score (nSPS) is 11.5.